The third-order valence-corrected chi connectivity index (χ3v) is 5.34. The Bertz CT molecular complexity index is 798. The first-order valence-electron chi connectivity index (χ1n) is 10.3. The second-order valence-corrected chi connectivity index (χ2v) is 7.56. The summed E-state index contributed by atoms with van der Waals surface area (Å²) in [5.74, 6) is 2.35. The van der Waals surface area contributed by atoms with Gasteiger partial charge in [-0.25, -0.2) is 9.37 Å². The Morgan fingerprint density at radius 3 is 3.00 bits per heavy atom. The van der Waals surface area contributed by atoms with Gasteiger partial charge in [-0.2, -0.15) is 0 Å². The van der Waals surface area contributed by atoms with Crippen LogP contribution in [-0.2, 0) is 11.2 Å². The molecule has 7 nitrogen and oxygen atoms in total. The summed E-state index contributed by atoms with van der Waals surface area (Å²) in [5.41, 5.74) is 0. The fourth-order valence-electron chi connectivity index (χ4n) is 3.73. The molecule has 2 aliphatic heterocycles. The Balaban J connectivity index is 0.00000256. The van der Waals surface area contributed by atoms with Gasteiger partial charge in [-0.05, 0) is 37.1 Å². The van der Waals surface area contributed by atoms with E-state index >= 15 is 0 Å². The smallest absolute Gasteiger partial charge is 0.191 e. The minimum absolute atomic E-state index is 0. The Morgan fingerprint density at radius 2 is 2.23 bits per heavy atom. The fourth-order valence-corrected chi connectivity index (χ4v) is 3.73. The van der Waals surface area contributed by atoms with Crippen LogP contribution in [0.4, 0.5) is 10.2 Å². The number of pyridine rings is 1. The summed E-state index contributed by atoms with van der Waals surface area (Å²) in [6.45, 7) is 4.52. The molecule has 0 spiro atoms. The first kappa shape index (κ1) is 22.8. The number of rotatable bonds is 7. The lowest BCUT2D eigenvalue weighted by Gasteiger charge is -2.20. The highest BCUT2D eigenvalue weighted by molar-refractivity contribution is 14.0. The molecule has 164 valence electrons. The van der Waals surface area contributed by atoms with Crippen LogP contribution in [-0.4, -0.2) is 56.4 Å². The highest BCUT2D eigenvalue weighted by atomic mass is 127. The number of halogens is 2. The number of aliphatic imine (C=N–C) groups is 1. The van der Waals surface area contributed by atoms with Crippen LogP contribution in [0.3, 0.4) is 0 Å². The molecular formula is C21H29FIN5O2. The zero-order valence-electron chi connectivity index (χ0n) is 16.9. The van der Waals surface area contributed by atoms with Crippen LogP contribution in [0.2, 0.25) is 0 Å². The highest BCUT2D eigenvalue weighted by Gasteiger charge is 2.26. The van der Waals surface area contributed by atoms with E-state index < -0.39 is 0 Å². The van der Waals surface area contributed by atoms with E-state index in [4.69, 9.17) is 14.1 Å². The van der Waals surface area contributed by atoms with Crippen molar-refractivity contribution >= 4 is 35.8 Å². The van der Waals surface area contributed by atoms with Gasteiger partial charge in [-0.1, -0.05) is 0 Å². The van der Waals surface area contributed by atoms with Gasteiger partial charge < -0.3 is 24.7 Å². The van der Waals surface area contributed by atoms with Gasteiger partial charge in [-0.3, -0.25) is 4.99 Å². The molecule has 2 saturated heterocycles. The van der Waals surface area contributed by atoms with Crippen LogP contribution in [0, 0.1) is 11.7 Å². The summed E-state index contributed by atoms with van der Waals surface area (Å²) >= 11 is 0. The van der Waals surface area contributed by atoms with Gasteiger partial charge in [0.25, 0.3) is 0 Å². The Kier molecular flexibility index (Phi) is 8.74. The maximum atomic E-state index is 14.0. The van der Waals surface area contributed by atoms with Crippen molar-refractivity contribution in [3.63, 3.8) is 0 Å². The number of aromatic nitrogens is 1. The van der Waals surface area contributed by atoms with Crippen LogP contribution >= 0.6 is 24.0 Å². The quantitative estimate of drug-likeness (QED) is 0.327. The number of furan rings is 1. The van der Waals surface area contributed by atoms with Gasteiger partial charge in [0.05, 0.1) is 12.9 Å². The fraction of sp³-hybridized carbons (Fsp3) is 0.524. The molecule has 4 rings (SSSR count). The monoisotopic (exact) mass is 529 g/mol. The first-order valence-corrected chi connectivity index (χ1v) is 10.3. The second-order valence-electron chi connectivity index (χ2n) is 7.56. The Labute approximate surface area is 193 Å². The first-order chi connectivity index (χ1) is 14.3. The van der Waals surface area contributed by atoms with Crippen molar-refractivity contribution in [1.29, 1.82) is 0 Å². The van der Waals surface area contributed by atoms with E-state index in [-0.39, 0.29) is 35.8 Å². The molecule has 2 atom stereocenters. The molecule has 2 aromatic rings. The number of anilines is 1. The zero-order valence-corrected chi connectivity index (χ0v) is 19.3. The SMILES string of the molecule is Fc1cccnc1N1CCC(NC(=NCC2CCOC2)NCCc2ccco2)C1.I. The maximum Gasteiger partial charge on any atom is 0.191 e. The molecule has 2 aromatic heterocycles. The lowest BCUT2D eigenvalue weighted by molar-refractivity contribution is 0.187. The van der Waals surface area contributed by atoms with Crippen molar-refractivity contribution < 1.29 is 13.5 Å². The molecular weight excluding hydrogens is 500 g/mol. The van der Waals surface area contributed by atoms with E-state index in [0.29, 0.717) is 18.3 Å². The number of hydrogen-bond donors (Lipinski definition) is 2. The minimum Gasteiger partial charge on any atom is -0.469 e. The van der Waals surface area contributed by atoms with Crippen molar-refractivity contribution in [2.24, 2.45) is 10.9 Å². The molecule has 2 N–H and O–H groups in total. The van der Waals surface area contributed by atoms with Gasteiger partial charge >= 0.3 is 0 Å². The predicted octanol–water partition coefficient (Wildman–Crippen LogP) is 2.82. The van der Waals surface area contributed by atoms with Crippen molar-refractivity contribution in [3.8, 4) is 0 Å². The molecule has 30 heavy (non-hydrogen) atoms. The van der Waals surface area contributed by atoms with Gasteiger partial charge in [0, 0.05) is 57.4 Å². The number of ether oxygens (including phenoxy) is 1. The van der Waals surface area contributed by atoms with Gasteiger partial charge in [0.15, 0.2) is 17.6 Å². The molecule has 2 fully saturated rings. The van der Waals surface area contributed by atoms with Gasteiger partial charge in [-0.15, -0.1) is 24.0 Å². The molecule has 0 aliphatic carbocycles. The summed E-state index contributed by atoms with van der Waals surface area (Å²) in [6, 6.07) is 7.12. The average molecular weight is 529 g/mol. The standard InChI is InChI=1S/C21H28FN5O2.HI/c22-19-4-1-8-23-20(19)27-10-6-17(14-27)26-21(25-13-16-7-12-28-15-16)24-9-5-18-3-2-11-29-18;/h1-4,8,11,16-17H,5-7,9-10,12-15H2,(H2,24,25,26);1H. The molecule has 9 heteroatoms. The van der Waals surface area contributed by atoms with Crippen molar-refractivity contribution in [1.82, 2.24) is 15.6 Å². The Hall–Kier alpha value is -1.88. The maximum absolute atomic E-state index is 14.0. The molecule has 0 radical (unpaired) electrons. The Morgan fingerprint density at radius 1 is 1.30 bits per heavy atom. The third-order valence-electron chi connectivity index (χ3n) is 5.34. The van der Waals surface area contributed by atoms with Crippen LogP contribution in [0.1, 0.15) is 18.6 Å². The van der Waals surface area contributed by atoms with Gasteiger partial charge in [0.1, 0.15) is 5.76 Å². The van der Waals surface area contributed by atoms with Crippen molar-refractivity contribution in [2.75, 3.05) is 44.3 Å². The number of hydrogen-bond acceptors (Lipinski definition) is 5. The van der Waals surface area contributed by atoms with E-state index in [1.807, 2.05) is 17.0 Å². The summed E-state index contributed by atoms with van der Waals surface area (Å²) in [5, 5.41) is 6.92. The predicted molar refractivity (Wildman–Crippen MR) is 125 cm³/mol. The van der Waals surface area contributed by atoms with E-state index in [9.17, 15) is 4.39 Å². The minimum atomic E-state index is -0.278. The van der Waals surface area contributed by atoms with Crippen molar-refractivity contribution in [3.05, 3.63) is 48.3 Å². The van der Waals surface area contributed by atoms with Crippen LogP contribution in [0.25, 0.3) is 0 Å². The third kappa shape index (κ3) is 6.31. The normalized spacial score (nSPS) is 21.5. The molecule has 0 bridgehead atoms. The largest absolute Gasteiger partial charge is 0.469 e. The van der Waals surface area contributed by atoms with E-state index in [2.05, 4.69) is 15.6 Å². The number of nitrogens with zero attached hydrogens (tertiary/aromatic N) is 3. The molecule has 2 aliphatic rings. The average Bonchev–Trinajstić information content (AvgIpc) is 3.49. The number of guanidine groups is 1. The summed E-state index contributed by atoms with van der Waals surface area (Å²) < 4.78 is 24.9. The lowest BCUT2D eigenvalue weighted by Crippen LogP contribution is -2.45. The molecule has 4 heterocycles. The highest BCUT2D eigenvalue weighted by Crippen LogP contribution is 2.20. The van der Waals surface area contributed by atoms with Crippen LogP contribution in [0.5, 0.6) is 0 Å². The molecule has 0 saturated carbocycles. The van der Waals surface area contributed by atoms with Crippen LogP contribution in [0.15, 0.2) is 46.1 Å². The summed E-state index contributed by atoms with van der Waals surface area (Å²) in [7, 11) is 0. The van der Waals surface area contributed by atoms with E-state index in [1.54, 1.807) is 18.5 Å². The van der Waals surface area contributed by atoms with E-state index in [1.165, 1.54) is 6.07 Å². The van der Waals surface area contributed by atoms with Crippen LogP contribution < -0.4 is 15.5 Å². The lowest BCUT2D eigenvalue weighted by atomic mass is 10.1. The van der Waals surface area contributed by atoms with Gasteiger partial charge in [0.2, 0.25) is 0 Å². The molecule has 0 aromatic carbocycles. The topological polar surface area (TPSA) is 74.9 Å². The zero-order chi connectivity index (χ0) is 19.9. The molecule has 0 amide bonds. The second kappa shape index (κ2) is 11.5. The molecule has 2 unspecified atom stereocenters. The summed E-state index contributed by atoms with van der Waals surface area (Å²) in [4.78, 5) is 11.0. The summed E-state index contributed by atoms with van der Waals surface area (Å²) in [6.07, 6.45) is 6.06. The van der Waals surface area contributed by atoms with Crippen molar-refractivity contribution in [2.45, 2.75) is 25.3 Å². The van der Waals surface area contributed by atoms with E-state index in [0.717, 1.165) is 63.8 Å². The number of nitrogens with one attached hydrogen (secondary N) is 2.